The zero-order valence-electron chi connectivity index (χ0n) is 8.19. The maximum atomic E-state index is 11.3. The largest absolute Gasteiger partial charge is 0.497 e. The summed E-state index contributed by atoms with van der Waals surface area (Å²) in [6.45, 7) is 0.342. The highest BCUT2D eigenvalue weighted by Gasteiger charge is 2.32. The number of ether oxygens (including phenoxy) is 1. The molecule has 0 aromatic heterocycles. The number of nitrogens with zero attached hydrogens (tertiary/aromatic N) is 1. The van der Waals surface area contributed by atoms with Gasteiger partial charge in [-0.15, -0.1) is 0 Å². The highest BCUT2D eigenvalue weighted by Crippen LogP contribution is 2.25. The van der Waals surface area contributed by atoms with E-state index in [1.54, 1.807) is 37.3 Å². The van der Waals surface area contributed by atoms with E-state index < -0.39 is 0 Å². The van der Waals surface area contributed by atoms with Gasteiger partial charge in [-0.3, -0.25) is 4.79 Å². The van der Waals surface area contributed by atoms with Crippen LogP contribution in [-0.2, 0) is 9.59 Å². The van der Waals surface area contributed by atoms with E-state index in [-0.39, 0.29) is 11.5 Å². The van der Waals surface area contributed by atoms with Crippen molar-refractivity contribution < 1.29 is 14.3 Å². The molecular formula is C11H9NO3. The molecule has 0 radical (unpaired) electrons. The average Bonchev–Trinajstić information content (AvgIpc) is 2.28. The van der Waals surface area contributed by atoms with Gasteiger partial charge in [0.1, 0.15) is 17.3 Å². The van der Waals surface area contributed by atoms with Gasteiger partial charge in [-0.2, -0.15) is 0 Å². The fraction of sp³-hybridized carbons (Fsp3) is 0.182. The molecule has 15 heavy (non-hydrogen) atoms. The minimum atomic E-state index is -0.268. The van der Waals surface area contributed by atoms with Crippen molar-refractivity contribution in [1.29, 1.82) is 0 Å². The molecule has 0 bridgehead atoms. The van der Waals surface area contributed by atoms with Crippen molar-refractivity contribution in [2.75, 3.05) is 18.6 Å². The van der Waals surface area contributed by atoms with E-state index in [0.29, 0.717) is 6.54 Å². The topological polar surface area (TPSA) is 46.6 Å². The molecule has 1 aromatic carbocycles. The number of carbonyl (C=O) groups is 1. The summed E-state index contributed by atoms with van der Waals surface area (Å²) < 4.78 is 5.00. The molecule has 1 aliphatic rings. The highest BCUT2D eigenvalue weighted by atomic mass is 16.5. The first-order valence-corrected chi connectivity index (χ1v) is 4.46. The number of hydrogen-bond acceptors (Lipinski definition) is 3. The molecule has 1 amide bonds. The zero-order valence-corrected chi connectivity index (χ0v) is 8.19. The number of anilines is 1. The first kappa shape index (κ1) is 9.49. The van der Waals surface area contributed by atoms with Gasteiger partial charge in [-0.1, -0.05) is 0 Å². The Morgan fingerprint density at radius 1 is 1.33 bits per heavy atom. The Morgan fingerprint density at radius 3 is 2.47 bits per heavy atom. The van der Waals surface area contributed by atoms with Crippen LogP contribution >= 0.6 is 0 Å². The lowest BCUT2D eigenvalue weighted by Crippen LogP contribution is -2.46. The fourth-order valence-electron chi connectivity index (χ4n) is 1.42. The van der Waals surface area contributed by atoms with Crippen LogP contribution in [0.5, 0.6) is 5.75 Å². The molecule has 0 saturated carbocycles. The molecule has 0 unspecified atom stereocenters. The SMILES string of the molecule is COc1ccc(N2CC(=C=O)C2=O)cc1. The normalized spacial score (nSPS) is 14.6. The Morgan fingerprint density at radius 2 is 2.00 bits per heavy atom. The minimum Gasteiger partial charge on any atom is -0.497 e. The van der Waals surface area contributed by atoms with Crippen LogP contribution in [0.3, 0.4) is 0 Å². The van der Waals surface area contributed by atoms with Gasteiger partial charge in [0.2, 0.25) is 0 Å². The van der Waals surface area contributed by atoms with E-state index in [2.05, 4.69) is 0 Å². The molecular weight excluding hydrogens is 194 g/mol. The molecule has 0 spiro atoms. The van der Waals surface area contributed by atoms with Crippen LogP contribution in [0.1, 0.15) is 0 Å². The van der Waals surface area contributed by atoms with Crippen LogP contribution in [-0.4, -0.2) is 25.5 Å². The van der Waals surface area contributed by atoms with Gasteiger partial charge in [-0.05, 0) is 24.3 Å². The summed E-state index contributed by atoms with van der Waals surface area (Å²) in [5, 5.41) is 0. The molecule has 4 nitrogen and oxygen atoms in total. The van der Waals surface area contributed by atoms with Crippen LogP contribution in [0.4, 0.5) is 5.69 Å². The number of β-lactam (4-membered cyclic amide) rings is 1. The van der Waals surface area contributed by atoms with Gasteiger partial charge >= 0.3 is 0 Å². The third-order valence-electron chi connectivity index (χ3n) is 2.33. The lowest BCUT2D eigenvalue weighted by Gasteiger charge is -2.30. The second-order valence-corrected chi connectivity index (χ2v) is 3.17. The predicted octanol–water partition coefficient (Wildman–Crippen LogP) is 0.800. The van der Waals surface area contributed by atoms with Crippen molar-refractivity contribution in [2.45, 2.75) is 0 Å². The number of benzene rings is 1. The van der Waals surface area contributed by atoms with Gasteiger partial charge in [0.05, 0.1) is 13.7 Å². The summed E-state index contributed by atoms with van der Waals surface area (Å²) in [5.41, 5.74) is 0.964. The quantitative estimate of drug-likeness (QED) is 0.406. The maximum absolute atomic E-state index is 11.3. The number of hydrogen-bond donors (Lipinski definition) is 0. The van der Waals surface area contributed by atoms with Crippen LogP contribution in [0, 0.1) is 0 Å². The number of rotatable bonds is 2. The summed E-state index contributed by atoms with van der Waals surface area (Å²) in [4.78, 5) is 23.1. The maximum Gasteiger partial charge on any atom is 0.267 e. The molecule has 0 atom stereocenters. The van der Waals surface area contributed by atoms with Crippen molar-refractivity contribution in [3.63, 3.8) is 0 Å². The van der Waals surface area contributed by atoms with E-state index in [4.69, 9.17) is 4.74 Å². The van der Waals surface area contributed by atoms with Gasteiger partial charge in [0.15, 0.2) is 0 Å². The summed E-state index contributed by atoms with van der Waals surface area (Å²) in [7, 11) is 1.58. The molecule has 1 aromatic rings. The summed E-state index contributed by atoms with van der Waals surface area (Å²) >= 11 is 0. The molecule has 2 rings (SSSR count). The third-order valence-corrected chi connectivity index (χ3v) is 2.33. The lowest BCUT2D eigenvalue weighted by atomic mass is 10.1. The van der Waals surface area contributed by atoms with Crippen molar-refractivity contribution >= 4 is 17.5 Å². The molecule has 0 aliphatic carbocycles. The Bertz CT molecular complexity index is 443. The molecule has 76 valence electrons. The van der Waals surface area contributed by atoms with Gasteiger partial charge in [-0.25, -0.2) is 4.79 Å². The standard InChI is InChI=1S/C11H9NO3/c1-15-10-4-2-9(3-5-10)12-6-8(7-13)11(12)14/h2-5H,6H2,1H3. The fourth-order valence-corrected chi connectivity index (χ4v) is 1.42. The lowest BCUT2D eigenvalue weighted by molar-refractivity contribution is -0.117. The second-order valence-electron chi connectivity index (χ2n) is 3.17. The first-order valence-electron chi connectivity index (χ1n) is 4.46. The Hall–Kier alpha value is -2.06. The first-order chi connectivity index (χ1) is 7.26. The Kier molecular flexibility index (Phi) is 2.27. The molecule has 1 fully saturated rings. The molecule has 4 heteroatoms. The second kappa shape index (κ2) is 3.59. The summed E-state index contributed by atoms with van der Waals surface area (Å²) in [6, 6.07) is 7.09. The number of amides is 1. The molecule has 0 N–H and O–H groups in total. The van der Waals surface area contributed by atoms with Crippen molar-refractivity contribution in [1.82, 2.24) is 0 Å². The Labute approximate surface area is 86.8 Å². The molecule has 1 saturated heterocycles. The molecule has 1 aliphatic heterocycles. The van der Waals surface area contributed by atoms with Crippen LogP contribution in [0.2, 0.25) is 0 Å². The number of methoxy groups -OCH3 is 1. The van der Waals surface area contributed by atoms with Crippen molar-refractivity contribution in [3.8, 4) is 5.75 Å². The van der Waals surface area contributed by atoms with Crippen molar-refractivity contribution in [2.24, 2.45) is 0 Å². The van der Waals surface area contributed by atoms with E-state index in [1.807, 2.05) is 0 Å². The van der Waals surface area contributed by atoms with Gasteiger partial charge in [0.25, 0.3) is 5.91 Å². The van der Waals surface area contributed by atoms with Gasteiger partial charge in [0, 0.05) is 5.69 Å². The van der Waals surface area contributed by atoms with E-state index in [1.165, 1.54) is 4.90 Å². The summed E-state index contributed by atoms with van der Waals surface area (Å²) in [6.07, 6.45) is 0. The monoisotopic (exact) mass is 203 g/mol. The van der Waals surface area contributed by atoms with E-state index >= 15 is 0 Å². The van der Waals surface area contributed by atoms with Crippen LogP contribution in [0.25, 0.3) is 0 Å². The molecule has 1 heterocycles. The number of carbonyl (C=O) groups excluding carboxylic acids is 2. The van der Waals surface area contributed by atoms with Crippen LogP contribution < -0.4 is 9.64 Å². The third kappa shape index (κ3) is 1.51. The minimum absolute atomic E-state index is 0.200. The smallest absolute Gasteiger partial charge is 0.267 e. The predicted molar refractivity (Wildman–Crippen MR) is 54.6 cm³/mol. The van der Waals surface area contributed by atoms with Gasteiger partial charge < -0.3 is 9.64 Å². The Balaban J connectivity index is 2.19. The van der Waals surface area contributed by atoms with Crippen molar-refractivity contribution in [3.05, 3.63) is 29.8 Å². The average molecular weight is 203 g/mol. The van der Waals surface area contributed by atoms with Crippen LogP contribution in [0.15, 0.2) is 29.8 Å². The summed E-state index contributed by atoms with van der Waals surface area (Å²) in [5.74, 6) is 2.09. The zero-order chi connectivity index (χ0) is 10.8. The van der Waals surface area contributed by atoms with E-state index in [9.17, 15) is 9.59 Å². The highest BCUT2D eigenvalue weighted by molar-refractivity contribution is 6.18. The van der Waals surface area contributed by atoms with E-state index in [0.717, 1.165) is 11.4 Å².